The monoisotopic (exact) mass is 386 g/mol. The van der Waals surface area contributed by atoms with E-state index in [-0.39, 0.29) is 0 Å². The van der Waals surface area contributed by atoms with Crippen LogP contribution in [0.3, 0.4) is 0 Å². The van der Waals surface area contributed by atoms with Gasteiger partial charge in [-0.05, 0) is 34.8 Å². The number of hydrogen-bond acceptors (Lipinski definition) is 3. The van der Waals surface area contributed by atoms with Gasteiger partial charge in [0.2, 0.25) is 0 Å². The summed E-state index contributed by atoms with van der Waals surface area (Å²) >= 11 is 9.51. The first-order chi connectivity index (χ1) is 9.79. The lowest BCUT2D eigenvalue weighted by Gasteiger charge is -1.99. The average Bonchev–Trinajstić information content (AvgIpc) is 3.06. The molecule has 0 N–H and O–H groups in total. The van der Waals surface area contributed by atoms with Crippen molar-refractivity contribution in [1.82, 2.24) is 0 Å². The van der Waals surface area contributed by atoms with Crippen molar-refractivity contribution in [2.24, 2.45) is 0 Å². The Morgan fingerprint density at radius 1 is 1.00 bits per heavy atom. The van der Waals surface area contributed by atoms with E-state index in [0.717, 1.165) is 0 Å². The average molecular weight is 387 g/mol. The van der Waals surface area contributed by atoms with Gasteiger partial charge in [-0.15, -0.1) is 34.0 Å². The third kappa shape index (κ3) is 3.13. The maximum atomic E-state index is 3.69. The number of aryl methyl sites for hydroxylation is 1. The van der Waals surface area contributed by atoms with E-state index >= 15 is 0 Å². The second kappa shape index (κ2) is 6.91. The third-order valence-electron chi connectivity index (χ3n) is 3.69. The van der Waals surface area contributed by atoms with Crippen molar-refractivity contribution in [3.05, 3.63) is 20.8 Å². The lowest BCUT2D eigenvalue weighted by Crippen LogP contribution is -1.82. The molecule has 0 amide bonds. The Morgan fingerprint density at radius 2 is 1.80 bits per heavy atom. The number of thiophene rings is 3. The van der Waals surface area contributed by atoms with Gasteiger partial charge in [0.25, 0.3) is 0 Å². The van der Waals surface area contributed by atoms with Crippen LogP contribution in [0.25, 0.3) is 18.8 Å². The van der Waals surface area contributed by atoms with Crippen molar-refractivity contribution in [2.45, 2.75) is 51.9 Å². The Balaban J connectivity index is 1.63. The van der Waals surface area contributed by atoms with Gasteiger partial charge in [0.1, 0.15) is 0 Å². The fourth-order valence-electron chi connectivity index (χ4n) is 2.59. The molecule has 0 saturated carbocycles. The molecule has 20 heavy (non-hydrogen) atoms. The largest absolute Gasteiger partial charge is 0.132 e. The highest BCUT2D eigenvalue weighted by Gasteiger charge is 2.13. The van der Waals surface area contributed by atoms with E-state index in [0.29, 0.717) is 0 Å². The summed E-state index contributed by atoms with van der Waals surface area (Å²) in [6.45, 7) is 2.28. The molecule has 0 bridgehead atoms. The fraction of sp³-hybridized carbons (Fsp3) is 0.500. The van der Waals surface area contributed by atoms with Gasteiger partial charge in [-0.3, -0.25) is 0 Å². The molecule has 3 heterocycles. The van der Waals surface area contributed by atoms with Crippen LogP contribution >= 0.6 is 49.9 Å². The van der Waals surface area contributed by atoms with Gasteiger partial charge in [-0.1, -0.05) is 39.0 Å². The highest BCUT2D eigenvalue weighted by Crippen LogP contribution is 2.45. The molecule has 0 saturated heterocycles. The molecule has 0 unspecified atom stereocenters. The molecule has 0 fully saturated rings. The third-order valence-corrected chi connectivity index (χ3v) is 8.22. The first-order valence-corrected chi connectivity index (χ1v) is 10.7. The van der Waals surface area contributed by atoms with Crippen molar-refractivity contribution in [3.8, 4) is 0 Å². The molecule has 0 atom stereocenters. The molecule has 0 aromatic carbocycles. The number of unbranched alkanes of at least 4 members (excludes halogenated alkanes) is 5. The summed E-state index contributed by atoms with van der Waals surface area (Å²) in [5, 5.41) is 5.13. The molecule has 0 spiro atoms. The van der Waals surface area contributed by atoms with Crippen molar-refractivity contribution in [1.29, 1.82) is 0 Å². The van der Waals surface area contributed by atoms with Crippen LogP contribution in [0.5, 0.6) is 0 Å². The normalized spacial score (nSPS) is 11.9. The smallest absolute Gasteiger partial charge is 0.0898 e. The van der Waals surface area contributed by atoms with Crippen molar-refractivity contribution in [3.63, 3.8) is 0 Å². The minimum absolute atomic E-state index is 1.27. The second-order valence-electron chi connectivity index (χ2n) is 5.28. The quantitative estimate of drug-likeness (QED) is 0.362. The van der Waals surface area contributed by atoms with E-state index in [9.17, 15) is 0 Å². The Labute approximate surface area is 141 Å². The molecular weight excluding hydrogens is 368 g/mol. The van der Waals surface area contributed by atoms with Gasteiger partial charge in [0.05, 0.1) is 8.03 Å². The Morgan fingerprint density at radius 3 is 2.65 bits per heavy atom. The molecule has 3 aromatic rings. The zero-order valence-electron chi connectivity index (χ0n) is 11.7. The maximum absolute atomic E-state index is 3.69. The summed E-state index contributed by atoms with van der Waals surface area (Å²) in [5.41, 5.74) is 0. The summed E-state index contributed by atoms with van der Waals surface area (Å²) in [6, 6.07) is 2.43. The number of halogens is 1. The molecule has 108 valence electrons. The van der Waals surface area contributed by atoms with Crippen molar-refractivity contribution >= 4 is 68.7 Å². The SMILES string of the molecule is CCCCCCCCc1cc2c(s1)sc1scc(Br)c12. The molecule has 0 aliphatic rings. The predicted molar refractivity (Wildman–Crippen MR) is 99.9 cm³/mol. The minimum atomic E-state index is 1.27. The minimum Gasteiger partial charge on any atom is -0.132 e. The van der Waals surface area contributed by atoms with Crippen LogP contribution in [-0.2, 0) is 6.42 Å². The van der Waals surface area contributed by atoms with Gasteiger partial charge in [-0.2, -0.15) is 0 Å². The van der Waals surface area contributed by atoms with E-state index in [1.807, 2.05) is 34.0 Å². The van der Waals surface area contributed by atoms with E-state index in [2.05, 4.69) is 34.3 Å². The summed E-state index contributed by atoms with van der Waals surface area (Å²) in [7, 11) is 0. The molecule has 0 radical (unpaired) electrons. The topological polar surface area (TPSA) is 0 Å². The van der Waals surface area contributed by atoms with Crippen LogP contribution in [0.1, 0.15) is 50.3 Å². The second-order valence-corrected chi connectivity index (χ2v) is 9.69. The molecule has 3 aromatic heterocycles. The van der Waals surface area contributed by atoms with Gasteiger partial charge in [0, 0.05) is 25.5 Å². The van der Waals surface area contributed by atoms with Crippen LogP contribution in [0, 0.1) is 0 Å². The highest BCUT2D eigenvalue weighted by molar-refractivity contribution is 9.10. The molecule has 0 aliphatic carbocycles. The first-order valence-electron chi connectivity index (χ1n) is 7.37. The van der Waals surface area contributed by atoms with Crippen LogP contribution in [0.15, 0.2) is 15.9 Å². The Hall–Kier alpha value is 0.1000. The molecule has 4 heteroatoms. The fourth-order valence-corrected chi connectivity index (χ4v) is 7.39. The standard InChI is InChI=1S/C16H19BrS3/c1-2-3-4-5-6-7-8-11-9-12-14-13(17)10-18-16(14)20-15(12)19-11/h9-10H,2-8H2,1H3. The number of rotatable bonds is 7. The van der Waals surface area contributed by atoms with E-state index in [1.165, 1.54) is 68.2 Å². The molecular formula is C16H19BrS3. The Kier molecular flexibility index (Phi) is 5.18. The van der Waals surface area contributed by atoms with Gasteiger partial charge < -0.3 is 0 Å². The van der Waals surface area contributed by atoms with Crippen molar-refractivity contribution < 1.29 is 0 Å². The maximum Gasteiger partial charge on any atom is 0.0898 e. The first kappa shape index (κ1) is 15.0. The van der Waals surface area contributed by atoms with E-state index < -0.39 is 0 Å². The summed E-state index contributed by atoms with van der Waals surface area (Å²) in [6.07, 6.45) is 9.58. The van der Waals surface area contributed by atoms with Crippen LogP contribution < -0.4 is 0 Å². The highest BCUT2D eigenvalue weighted by atomic mass is 79.9. The number of fused-ring (bicyclic) bond motifs is 3. The number of hydrogen-bond donors (Lipinski definition) is 0. The van der Waals surface area contributed by atoms with E-state index in [1.54, 1.807) is 4.88 Å². The lowest BCUT2D eigenvalue weighted by molar-refractivity contribution is 0.609. The summed E-state index contributed by atoms with van der Waals surface area (Å²) in [4.78, 5) is 1.57. The van der Waals surface area contributed by atoms with Crippen LogP contribution in [0.2, 0.25) is 0 Å². The van der Waals surface area contributed by atoms with Gasteiger partial charge in [0.15, 0.2) is 0 Å². The zero-order valence-corrected chi connectivity index (χ0v) is 15.7. The molecule has 0 nitrogen and oxygen atoms in total. The van der Waals surface area contributed by atoms with Gasteiger partial charge >= 0.3 is 0 Å². The lowest BCUT2D eigenvalue weighted by atomic mass is 10.1. The zero-order chi connectivity index (χ0) is 13.9. The Bertz CT molecular complexity index is 689. The summed E-state index contributed by atoms with van der Waals surface area (Å²) in [5.74, 6) is 0. The molecule has 3 rings (SSSR count). The van der Waals surface area contributed by atoms with E-state index in [4.69, 9.17) is 0 Å². The summed E-state index contributed by atoms with van der Waals surface area (Å²) < 4.78 is 4.24. The molecule has 0 aliphatic heterocycles. The predicted octanol–water partition coefficient (Wildman–Crippen LogP) is 7.84. The van der Waals surface area contributed by atoms with Crippen LogP contribution in [-0.4, -0.2) is 0 Å². The van der Waals surface area contributed by atoms with Crippen LogP contribution in [0.4, 0.5) is 0 Å². The van der Waals surface area contributed by atoms with Crippen molar-refractivity contribution in [2.75, 3.05) is 0 Å². The van der Waals surface area contributed by atoms with Gasteiger partial charge in [-0.25, -0.2) is 0 Å².